The predicted molar refractivity (Wildman–Crippen MR) is 65.1 cm³/mol. The summed E-state index contributed by atoms with van der Waals surface area (Å²) in [5.41, 5.74) is -0.694. The Morgan fingerprint density at radius 1 is 1.53 bits per heavy atom. The highest BCUT2D eigenvalue weighted by atomic mass is 19.4. The number of alkyl halides is 3. The molecule has 1 atom stereocenters. The van der Waals surface area contributed by atoms with E-state index in [-0.39, 0.29) is 11.9 Å². The van der Waals surface area contributed by atoms with Crippen LogP contribution in [0.4, 0.5) is 19.0 Å². The van der Waals surface area contributed by atoms with E-state index in [9.17, 15) is 13.2 Å². The summed E-state index contributed by atoms with van der Waals surface area (Å²) in [5.74, 6) is -0.0144. The van der Waals surface area contributed by atoms with Crippen molar-refractivity contribution in [3.63, 3.8) is 0 Å². The molecule has 1 unspecified atom stereocenters. The Bertz CT molecular complexity index is 423. The second-order valence-corrected chi connectivity index (χ2v) is 4.37. The number of rotatable bonds is 3. The van der Waals surface area contributed by atoms with E-state index >= 15 is 0 Å². The van der Waals surface area contributed by atoms with Crippen LogP contribution in [0.15, 0.2) is 18.3 Å². The van der Waals surface area contributed by atoms with Gasteiger partial charge in [0.25, 0.3) is 0 Å². The van der Waals surface area contributed by atoms with Gasteiger partial charge in [-0.25, -0.2) is 4.98 Å². The summed E-state index contributed by atoms with van der Waals surface area (Å²) >= 11 is 0. The second kappa shape index (κ2) is 5.75. The largest absolute Gasteiger partial charge is 0.419 e. The van der Waals surface area contributed by atoms with E-state index in [1.54, 1.807) is 11.9 Å². The number of nitrogens with one attached hydrogen (secondary N) is 1. The molecule has 1 fully saturated rings. The Labute approximate surface area is 109 Å². The quantitative estimate of drug-likeness (QED) is 0.907. The van der Waals surface area contributed by atoms with Gasteiger partial charge in [-0.05, 0) is 19.2 Å². The number of pyridine rings is 1. The number of likely N-dealkylation sites (N-methyl/N-ethyl adjacent to an activating group) is 1. The van der Waals surface area contributed by atoms with Gasteiger partial charge < -0.3 is 15.0 Å². The number of halogens is 3. The fourth-order valence-electron chi connectivity index (χ4n) is 2.13. The molecule has 0 bridgehead atoms. The summed E-state index contributed by atoms with van der Waals surface area (Å²) < 4.78 is 44.3. The third-order valence-electron chi connectivity index (χ3n) is 2.96. The van der Waals surface area contributed by atoms with Gasteiger partial charge in [-0.2, -0.15) is 13.2 Å². The first-order chi connectivity index (χ1) is 9.02. The van der Waals surface area contributed by atoms with Gasteiger partial charge in [-0.15, -0.1) is 0 Å². The van der Waals surface area contributed by atoms with Crippen LogP contribution in [0.1, 0.15) is 5.56 Å². The van der Waals surface area contributed by atoms with Crippen LogP contribution in [0, 0.1) is 0 Å². The molecule has 0 amide bonds. The number of morpholine rings is 1. The molecular formula is C12H16F3N3O. The van der Waals surface area contributed by atoms with Crippen LogP contribution in [-0.4, -0.2) is 44.4 Å². The summed E-state index contributed by atoms with van der Waals surface area (Å²) in [6, 6.07) is 2.36. The van der Waals surface area contributed by atoms with E-state index in [2.05, 4.69) is 10.3 Å². The molecule has 19 heavy (non-hydrogen) atoms. The first kappa shape index (κ1) is 14.1. The summed E-state index contributed by atoms with van der Waals surface area (Å²) in [5, 5.41) is 2.96. The van der Waals surface area contributed by atoms with Crippen molar-refractivity contribution in [2.24, 2.45) is 0 Å². The maximum absolute atomic E-state index is 12.9. The minimum absolute atomic E-state index is 0.0144. The highest BCUT2D eigenvalue weighted by molar-refractivity contribution is 5.48. The Kier molecular flexibility index (Phi) is 4.26. The molecule has 0 saturated carbocycles. The molecule has 0 aromatic carbocycles. The minimum Gasteiger partial charge on any atom is -0.373 e. The lowest BCUT2D eigenvalue weighted by atomic mass is 10.2. The molecule has 4 nitrogen and oxygen atoms in total. The minimum atomic E-state index is -4.39. The average molecular weight is 275 g/mol. The molecule has 2 rings (SSSR count). The number of hydrogen-bond donors (Lipinski definition) is 1. The standard InChI is InChI=1S/C12H16F3N3O/c1-16-7-9-8-18(5-6-19-9)11-10(12(13,14)15)3-2-4-17-11/h2-4,9,16H,5-8H2,1H3. The second-order valence-electron chi connectivity index (χ2n) is 4.37. The van der Waals surface area contributed by atoms with E-state index in [1.165, 1.54) is 12.3 Å². The van der Waals surface area contributed by atoms with Crippen LogP contribution in [0.2, 0.25) is 0 Å². The van der Waals surface area contributed by atoms with Crippen LogP contribution in [0.5, 0.6) is 0 Å². The van der Waals surface area contributed by atoms with Gasteiger partial charge >= 0.3 is 6.18 Å². The summed E-state index contributed by atoms with van der Waals surface area (Å²) in [6.45, 7) is 1.83. The smallest absolute Gasteiger partial charge is 0.373 e. The molecule has 1 aliphatic rings. The topological polar surface area (TPSA) is 37.4 Å². The molecule has 0 aliphatic carbocycles. The number of hydrogen-bond acceptors (Lipinski definition) is 4. The van der Waals surface area contributed by atoms with Crippen LogP contribution in [0.25, 0.3) is 0 Å². The molecule has 7 heteroatoms. The molecule has 1 aliphatic heterocycles. The molecule has 1 aromatic heterocycles. The van der Waals surface area contributed by atoms with Crippen molar-refractivity contribution in [2.45, 2.75) is 12.3 Å². The van der Waals surface area contributed by atoms with Gasteiger partial charge in [0.15, 0.2) is 0 Å². The molecule has 1 N–H and O–H groups in total. The lowest BCUT2D eigenvalue weighted by Crippen LogP contribution is -2.47. The number of nitrogens with zero attached hydrogens (tertiary/aromatic N) is 2. The molecule has 1 saturated heterocycles. The molecule has 1 aromatic rings. The molecule has 2 heterocycles. The zero-order valence-corrected chi connectivity index (χ0v) is 10.6. The molecular weight excluding hydrogens is 259 g/mol. The van der Waals surface area contributed by atoms with Gasteiger partial charge in [-0.3, -0.25) is 0 Å². The van der Waals surface area contributed by atoms with Gasteiger partial charge in [0.2, 0.25) is 0 Å². The van der Waals surface area contributed by atoms with E-state index in [1.807, 2.05) is 0 Å². The molecule has 0 spiro atoms. The normalized spacial score (nSPS) is 20.6. The summed E-state index contributed by atoms with van der Waals surface area (Å²) in [6.07, 6.45) is -3.13. The lowest BCUT2D eigenvalue weighted by molar-refractivity contribution is -0.137. The van der Waals surface area contributed by atoms with Gasteiger partial charge in [0, 0.05) is 25.8 Å². The van der Waals surface area contributed by atoms with Crippen molar-refractivity contribution in [1.82, 2.24) is 10.3 Å². The highest BCUT2D eigenvalue weighted by Gasteiger charge is 2.36. The molecule has 0 radical (unpaired) electrons. The van der Waals surface area contributed by atoms with E-state index in [0.717, 1.165) is 6.07 Å². The zero-order chi connectivity index (χ0) is 13.9. The van der Waals surface area contributed by atoms with Crippen molar-refractivity contribution >= 4 is 5.82 Å². The zero-order valence-electron chi connectivity index (χ0n) is 10.6. The monoisotopic (exact) mass is 275 g/mol. The van der Waals surface area contributed by atoms with E-state index < -0.39 is 11.7 Å². The Hall–Kier alpha value is -1.34. The maximum atomic E-state index is 12.9. The van der Waals surface area contributed by atoms with Crippen molar-refractivity contribution < 1.29 is 17.9 Å². The van der Waals surface area contributed by atoms with Crippen LogP contribution in [0.3, 0.4) is 0 Å². The predicted octanol–water partition coefficient (Wildman–Crippen LogP) is 1.52. The SMILES string of the molecule is CNCC1CN(c2ncccc2C(F)(F)F)CCO1. The van der Waals surface area contributed by atoms with Crippen molar-refractivity contribution in [1.29, 1.82) is 0 Å². The van der Waals surface area contributed by atoms with Gasteiger partial charge in [0.1, 0.15) is 5.82 Å². The number of anilines is 1. The average Bonchev–Trinajstić information content (AvgIpc) is 2.38. The van der Waals surface area contributed by atoms with Crippen molar-refractivity contribution in [3.05, 3.63) is 23.9 Å². The molecule has 106 valence electrons. The lowest BCUT2D eigenvalue weighted by Gasteiger charge is -2.34. The summed E-state index contributed by atoms with van der Waals surface area (Å²) in [4.78, 5) is 5.53. The first-order valence-electron chi connectivity index (χ1n) is 6.05. The van der Waals surface area contributed by atoms with Gasteiger partial charge in [-0.1, -0.05) is 0 Å². The maximum Gasteiger partial charge on any atom is 0.419 e. The number of ether oxygens (including phenoxy) is 1. The Balaban J connectivity index is 2.21. The third-order valence-corrected chi connectivity index (χ3v) is 2.96. The number of aromatic nitrogens is 1. The van der Waals surface area contributed by atoms with Crippen molar-refractivity contribution in [3.8, 4) is 0 Å². The summed E-state index contributed by atoms with van der Waals surface area (Å²) in [7, 11) is 1.78. The van der Waals surface area contributed by atoms with E-state index in [0.29, 0.717) is 26.2 Å². The van der Waals surface area contributed by atoms with Gasteiger partial charge in [0.05, 0.1) is 18.3 Å². The van der Waals surface area contributed by atoms with E-state index in [4.69, 9.17) is 4.74 Å². The van der Waals surface area contributed by atoms with Crippen LogP contribution in [-0.2, 0) is 10.9 Å². The fraction of sp³-hybridized carbons (Fsp3) is 0.583. The highest BCUT2D eigenvalue weighted by Crippen LogP contribution is 2.35. The van der Waals surface area contributed by atoms with Crippen molar-refractivity contribution in [2.75, 3.05) is 38.2 Å². The van der Waals surface area contributed by atoms with Crippen LogP contribution >= 0.6 is 0 Å². The fourth-order valence-corrected chi connectivity index (χ4v) is 2.13. The Morgan fingerprint density at radius 2 is 2.32 bits per heavy atom. The van der Waals surface area contributed by atoms with Crippen LogP contribution < -0.4 is 10.2 Å². The first-order valence-corrected chi connectivity index (χ1v) is 6.05. The Morgan fingerprint density at radius 3 is 3.00 bits per heavy atom. The third kappa shape index (κ3) is 3.36.